The van der Waals surface area contributed by atoms with Crippen LogP contribution in [0.15, 0.2) is 47.5 Å². The predicted octanol–water partition coefficient (Wildman–Crippen LogP) is 3.86. The summed E-state index contributed by atoms with van der Waals surface area (Å²) in [6.45, 7) is 8.58. The van der Waals surface area contributed by atoms with Gasteiger partial charge in [0.05, 0.1) is 25.4 Å². The fourth-order valence-electron chi connectivity index (χ4n) is 3.41. The fraction of sp³-hybridized carbons (Fsp3) is 0.458. The summed E-state index contributed by atoms with van der Waals surface area (Å²) in [5, 5.41) is 17.2. The maximum atomic E-state index is 10.6. The molecule has 0 saturated carbocycles. The first-order chi connectivity index (χ1) is 14.5. The molecule has 7 heteroatoms. The van der Waals surface area contributed by atoms with E-state index >= 15 is 0 Å². The van der Waals surface area contributed by atoms with Crippen molar-refractivity contribution in [2.24, 2.45) is 4.99 Å². The van der Waals surface area contributed by atoms with Gasteiger partial charge in [0.15, 0.2) is 5.96 Å². The van der Waals surface area contributed by atoms with Gasteiger partial charge in [-0.3, -0.25) is 4.99 Å². The van der Waals surface area contributed by atoms with E-state index in [4.69, 9.17) is 9.47 Å². The number of nitrogens with one attached hydrogen (secondary N) is 2. The van der Waals surface area contributed by atoms with Crippen molar-refractivity contribution in [3.63, 3.8) is 0 Å². The summed E-state index contributed by atoms with van der Waals surface area (Å²) in [5.41, 5.74) is 3.37. The summed E-state index contributed by atoms with van der Waals surface area (Å²) in [6, 6.07) is 14.0. The average molecular weight is 539 g/mol. The third kappa shape index (κ3) is 7.88. The van der Waals surface area contributed by atoms with Gasteiger partial charge in [0.1, 0.15) is 11.5 Å². The lowest BCUT2D eigenvalue weighted by Gasteiger charge is -2.15. The zero-order valence-electron chi connectivity index (χ0n) is 18.6. The molecule has 1 aliphatic rings. The number of hydrogen-bond acceptors (Lipinski definition) is 4. The Balaban J connectivity index is 0.00000341. The van der Waals surface area contributed by atoms with Gasteiger partial charge in [-0.25, -0.2) is 0 Å². The highest BCUT2D eigenvalue weighted by Gasteiger charge is 2.12. The Hall–Kier alpha value is -2.00. The van der Waals surface area contributed by atoms with Crippen molar-refractivity contribution in [1.82, 2.24) is 10.6 Å². The van der Waals surface area contributed by atoms with E-state index < -0.39 is 6.10 Å². The molecule has 1 heterocycles. The molecule has 3 rings (SSSR count). The van der Waals surface area contributed by atoms with Gasteiger partial charge in [-0.2, -0.15) is 0 Å². The molecule has 0 bridgehead atoms. The van der Waals surface area contributed by atoms with Crippen LogP contribution in [0.3, 0.4) is 0 Å². The van der Waals surface area contributed by atoms with Crippen LogP contribution >= 0.6 is 24.0 Å². The van der Waals surface area contributed by atoms with Crippen LogP contribution < -0.4 is 20.1 Å². The summed E-state index contributed by atoms with van der Waals surface area (Å²) in [7, 11) is 0. The number of hydrogen-bond donors (Lipinski definition) is 3. The van der Waals surface area contributed by atoms with E-state index in [0.717, 1.165) is 49.6 Å². The van der Waals surface area contributed by atoms with Crippen LogP contribution in [-0.2, 0) is 12.8 Å². The number of fused-ring (bicyclic) bond motifs is 1. The van der Waals surface area contributed by atoms with Gasteiger partial charge in [-0.05, 0) is 62.1 Å². The Kier molecular flexibility index (Phi) is 10.4. The molecule has 1 aliphatic heterocycles. The second-order valence-corrected chi connectivity index (χ2v) is 7.69. The maximum absolute atomic E-state index is 10.6. The van der Waals surface area contributed by atoms with Crippen LogP contribution in [0, 0.1) is 0 Å². The number of aliphatic hydroxyl groups excluding tert-OH is 1. The molecule has 0 spiro atoms. The van der Waals surface area contributed by atoms with E-state index in [-0.39, 0.29) is 36.6 Å². The Morgan fingerprint density at radius 3 is 2.81 bits per heavy atom. The van der Waals surface area contributed by atoms with Crippen LogP contribution in [0.5, 0.6) is 11.5 Å². The summed E-state index contributed by atoms with van der Waals surface area (Å²) < 4.78 is 11.3. The molecule has 0 radical (unpaired) electrons. The highest BCUT2D eigenvalue weighted by Crippen LogP contribution is 2.26. The molecule has 0 aliphatic carbocycles. The number of ether oxygens (including phenoxy) is 2. The van der Waals surface area contributed by atoms with E-state index in [9.17, 15) is 5.11 Å². The smallest absolute Gasteiger partial charge is 0.191 e. The highest BCUT2D eigenvalue weighted by molar-refractivity contribution is 14.0. The number of aliphatic hydroxyl groups is 1. The molecule has 6 nitrogen and oxygen atoms in total. The molecule has 2 aromatic rings. The molecule has 1 unspecified atom stereocenters. The number of benzene rings is 2. The summed E-state index contributed by atoms with van der Waals surface area (Å²) in [5.74, 6) is 2.48. The van der Waals surface area contributed by atoms with E-state index in [2.05, 4.69) is 33.8 Å². The van der Waals surface area contributed by atoms with Crippen molar-refractivity contribution in [3.8, 4) is 11.5 Å². The molecular weight excluding hydrogens is 505 g/mol. The minimum atomic E-state index is -0.687. The second kappa shape index (κ2) is 12.8. The minimum Gasteiger partial charge on any atom is -0.493 e. The first-order valence-electron chi connectivity index (χ1n) is 10.8. The van der Waals surface area contributed by atoms with Crippen LogP contribution in [-0.4, -0.2) is 43.4 Å². The first kappa shape index (κ1) is 25.3. The van der Waals surface area contributed by atoms with E-state index in [1.807, 2.05) is 45.0 Å². The third-order valence-electron chi connectivity index (χ3n) is 4.84. The first-order valence-corrected chi connectivity index (χ1v) is 10.8. The Morgan fingerprint density at radius 1 is 1.19 bits per heavy atom. The van der Waals surface area contributed by atoms with Crippen molar-refractivity contribution in [3.05, 3.63) is 59.2 Å². The normalized spacial score (nSPS) is 13.8. The third-order valence-corrected chi connectivity index (χ3v) is 4.84. The lowest BCUT2D eigenvalue weighted by Crippen LogP contribution is -2.38. The molecule has 170 valence electrons. The molecular formula is C24H34IN3O3. The molecule has 31 heavy (non-hydrogen) atoms. The summed E-state index contributed by atoms with van der Waals surface area (Å²) in [4.78, 5) is 4.55. The minimum absolute atomic E-state index is 0. The Bertz CT molecular complexity index is 858. The van der Waals surface area contributed by atoms with Crippen LogP contribution in [0.4, 0.5) is 0 Å². The highest BCUT2D eigenvalue weighted by atomic mass is 127. The lowest BCUT2D eigenvalue weighted by atomic mass is 10.1. The number of halogens is 1. The van der Waals surface area contributed by atoms with Crippen molar-refractivity contribution in [2.45, 2.75) is 45.8 Å². The second-order valence-electron chi connectivity index (χ2n) is 7.69. The monoisotopic (exact) mass is 539 g/mol. The van der Waals surface area contributed by atoms with Gasteiger partial charge >= 0.3 is 0 Å². The van der Waals surface area contributed by atoms with E-state index in [1.165, 1.54) is 11.1 Å². The Morgan fingerprint density at radius 2 is 2.03 bits per heavy atom. The average Bonchev–Trinajstić information content (AvgIpc) is 3.19. The number of nitrogens with zero attached hydrogens (tertiary/aromatic N) is 1. The van der Waals surface area contributed by atoms with Crippen molar-refractivity contribution < 1.29 is 14.6 Å². The lowest BCUT2D eigenvalue weighted by molar-refractivity contribution is 0.185. The van der Waals surface area contributed by atoms with Gasteiger partial charge in [-0.15, -0.1) is 24.0 Å². The fourth-order valence-corrected chi connectivity index (χ4v) is 3.41. The summed E-state index contributed by atoms with van der Waals surface area (Å²) in [6.07, 6.45) is 1.29. The van der Waals surface area contributed by atoms with Crippen LogP contribution in [0.25, 0.3) is 0 Å². The molecule has 0 amide bonds. The standard InChI is InChI=1S/C24H33N3O3.HI/c1-4-25-24(26-12-10-18-8-9-23-20(14-18)11-13-29-23)27-16-22(28)19-6-5-7-21(15-19)30-17(2)3;/h5-9,14-15,17,22,28H,4,10-13,16H2,1-3H3,(H2,25,26,27);1H. The molecule has 2 aromatic carbocycles. The zero-order chi connectivity index (χ0) is 21.3. The van der Waals surface area contributed by atoms with Crippen LogP contribution in [0.1, 0.15) is 43.6 Å². The molecule has 3 N–H and O–H groups in total. The van der Waals surface area contributed by atoms with Gasteiger partial charge in [0, 0.05) is 19.5 Å². The molecule has 0 aromatic heterocycles. The van der Waals surface area contributed by atoms with Gasteiger partial charge in [0.25, 0.3) is 0 Å². The Labute approximate surface area is 202 Å². The topological polar surface area (TPSA) is 75.1 Å². The van der Waals surface area contributed by atoms with Gasteiger partial charge in [0.2, 0.25) is 0 Å². The number of aliphatic imine (C=N–C) groups is 1. The number of rotatable bonds is 9. The van der Waals surface area contributed by atoms with E-state index in [0.29, 0.717) is 5.96 Å². The van der Waals surface area contributed by atoms with Gasteiger partial charge < -0.3 is 25.2 Å². The van der Waals surface area contributed by atoms with Crippen LogP contribution in [0.2, 0.25) is 0 Å². The molecule has 0 fully saturated rings. The quantitative estimate of drug-likeness (QED) is 0.257. The maximum Gasteiger partial charge on any atom is 0.191 e. The van der Waals surface area contributed by atoms with Crippen molar-refractivity contribution >= 4 is 29.9 Å². The largest absolute Gasteiger partial charge is 0.493 e. The predicted molar refractivity (Wildman–Crippen MR) is 136 cm³/mol. The molecule has 1 atom stereocenters. The van der Waals surface area contributed by atoms with Crippen molar-refractivity contribution in [2.75, 3.05) is 26.2 Å². The van der Waals surface area contributed by atoms with E-state index in [1.54, 1.807) is 0 Å². The number of guanidine groups is 1. The summed E-state index contributed by atoms with van der Waals surface area (Å²) >= 11 is 0. The van der Waals surface area contributed by atoms with Crippen molar-refractivity contribution in [1.29, 1.82) is 0 Å². The van der Waals surface area contributed by atoms with Gasteiger partial charge in [-0.1, -0.05) is 24.3 Å². The zero-order valence-corrected chi connectivity index (χ0v) is 20.9. The molecule has 0 saturated heterocycles. The SMILES string of the molecule is CCNC(=NCC(O)c1cccc(OC(C)C)c1)NCCc1ccc2c(c1)CCO2.I.